The molecule has 0 aromatic rings. The second kappa shape index (κ2) is 7.05. The van der Waals surface area contributed by atoms with Gasteiger partial charge in [-0.1, -0.05) is 6.42 Å². The molecule has 19 heavy (non-hydrogen) atoms. The Morgan fingerprint density at radius 2 is 2.00 bits per heavy atom. The smallest absolute Gasteiger partial charge is 0.0494 e. The molecule has 0 aromatic carbocycles. The largest absolute Gasteiger partial charge is 0.381 e. The van der Waals surface area contributed by atoms with Gasteiger partial charge in [-0.05, 0) is 69.9 Å². The number of hydrogen-bond acceptors (Lipinski definition) is 3. The molecule has 3 nitrogen and oxygen atoms in total. The summed E-state index contributed by atoms with van der Waals surface area (Å²) in [5.41, 5.74) is 0. The van der Waals surface area contributed by atoms with E-state index in [1.807, 2.05) is 0 Å². The summed E-state index contributed by atoms with van der Waals surface area (Å²) in [6.45, 7) is 4.34. The fourth-order valence-electron chi connectivity index (χ4n) is 3.80. The lowest BCUT2D eigenvalue weighted by molar-refractivity contribution is 0.121. The number of nitrogens with one attached hydrogen (secondary N) is 2. The van der Waals surface area contributed by atoms with Crippen molar-refractivity contribution in [1.82, 2.24) is 10.6 Å². The zero-order chi connectivity index (χ0) is 12.9. The third-order valence-electron chi connectivity index (χ3n) is 5.11. The molecule has 0 amide bonds. The van der Waals surface area contributed by atoms with E-state index < -0.39 is 0 Å². The molecule has 1 aliphatic heterocycles. The second-order valence-electron chi connectivity index (χ2n) is 6.73. The average Bonchev–Trinajstić information content (AvgIpc) is 2.93. The van der Waals surface area contributed by atoms with Gasteiger partial charge in [0, 0.05) is 25.3 Å². The van der Waals surface area contributed by atoms with Crippen LogP contribution in [0.25, 0.3) is 0 Å². The van der Waals surface area contributed by atoms with Crippen molar-refractivity contribution in [2.75, 3.05) is 26.3 Å². The van der Waals surface area contributed by atoms with Crippen LogP contribution in [0, 0.1) is 11.8 Å². The van der Waals surface area contributed by atoms with Crippen molar-refractivity contribution in [2.45, 2.75) is 63.5 Å². The van der Waals surface area contributed by atoms with E-state index in [9.17, 15) is 0 Å². The van der Waals surface area contributed by atoms with E-state index in [-0.39, 0.29) is 0 Å². The first-order valence-electron chi connectivity index (χ1n) is 8.48. The lowest BCUT2D eigenvalue weighted by Gasteiger charge is -2.26. The van der Waals surface area contributed by atoms with Crippen LogP contribution in [0.4, 0.5) is 0 Å². The minimum Gasteiger partial charge on any atom is -0.381 e. The summed E-state index contributed by atoms with van der Waals surface area (Å²) in [4.78, 5) is 0. The summed E-state index contributed by atoms with van der Waals surface area (Å²) >= 11 is 0. The molecule has 3 aliphatic rings. The van der Waals surface area contributed by atoms with Crippen LogP contribution in [-0.4, -0.2) is 38.4 Å². The van der Waals surface area contributed by atoms with Crippen LogP contribution in [-0.2, 0) is 4.74 Å². The minimum atomic E-state index is 0.763. The van der Waals surface area contributed by atoms with Gasteiger partial charge in [-0.3, -0.25) is 0 Å². The summed E-state index contributed by atoms with van der Waals surface area (Å²) < 4.78 is 5.70. The number of hydrogen-bond donors (Lipinski definition) is 2. The van der Waals surface area contributed by atoms with Crippen LogP contribution in [0.1, 0.15) is 51.4 Å². The van der Waals surface area contributed by atoms with Gasteiger partial charge in [0.2, 0.25) is 0 Å². The molecular formula is C16H30N2O. The zero-order valence-corrected chi connectivity index (χ0v) is 12.2. The van der Waals surface area contributed by atoms with Crippen LogP contribution in [0.3, 0.4) is 0 Å². The third-order valence-corrected chi connectivity index (χ3v) is 5.11. The third kappa shape index (κ3) is 4.17. The van der Waals surface area contributed by atoms with Crippen LogP contribution in [0.5, 0.6) is 0 Å². The normalized spacial score (nSPS) is 35.1. The Labute approximate surface area is 117 Å². The molecule has 1 heterocycles. The van der Waals surface area contributed by atoms with Gasteiger partial charge in [0.1, 0.15) is 0 Å². The van der Waals surface area contributed by atoms with Crippen molar-refractivity contribution in [3.05, 3.63) is 0 Å². The van der Waals surface area contributed by atoms with Crippen molar-refractivity contribution < 1.29 is 4.74 Å². The second-order valence-corrected chi connectivity index (χ2v) is 6.73. The predicted octanol–water partition coefficient (Wildman–Crippen LogP) is 2.31. The molecule has 0 radical (unpaired) electrons. The summed E-state index contributed by atoms with van der Waals surface area (Å²) in [6, 6.07) is 1.56. The zero-order valence-electron chi connectivity index (χ0n) is 12.2. The Morgan fingerprint density at radius 3 is 2.79 bits per heavy atom. The predicted molar refractivity (Wildman–Crippen MR) is 78.3 cm³/mol. The van der Waals surface area contributed by atoms with Gasteiger partial charge in [-0.15, -0.1) is 0 Å². The highest BCUT2D eigenvalue weighted by atomic mass is 16.5. The van der Waals surface area contributed by atoms with Crippen molar-refractivity contribution in [2.24, 2.45) is 11.8 Å². The molecule has 3 rings (SSSR count). The summed E-state index contributed by atoms with van der Waals surface area (Å²) in [5, 5.41) is 7.49. The van der Waals surface area contributed by atoms with E-state index in [2.05, 4.69) is 10.6 Å². The molecule has 2 aliphatic carbocycles. The SMILES string of the molecule is C(CNC1CCCC1C1CCCN1)COCC1CC1. The van der Waals surface area contributed by atoms with Crippen molar-refractivity contribution in [3.63, 3.8) is 0 Å². The van der Waals surface area contributed by atoms with Gasteiger partial charge >= 0.3 is 0 Å². The van der Waals surface area contributed by atoms with E-state index in [4.69, 9.17) is 4.74 Å². The van der Waals surface area contributed by atoms with Crippen molar-refractivity contribution in [1.29, 1.82) is 0 Å². The van der Waals surface area contributed by atoms with Crippen molar-refractivity contribution >= 4 is 0 Å². The Bertz CT molecular complexity index is 261. The van der Waals surface area contributed by atoms with Crippen LogP contribution in [0.15, 0.2) is 0 Å². The Morgan fingerprint density at radius 1 is 1.05 bits per heavy atom. The lowest BCUT2D eigenvalue weighted by Crippen LogP contribution is -2.42. The summed E-state index contributed by atoms with van der Waals surface area (Å²) in [6.07, 6.45) is 11.0. The monoisotopic (exact) mass is 266 g/mol. The maximum absolute atomic E-state index is 5.70. The fraction of sp³-hybridized carbons (Fsp3) is 1.00. The van der Waals surface area contributed by atoms with Crippen LogP contribution >= 0.6 is 0 Å². The lowest BCUT2D eigenvalue weighted by atomic mass is 9.93. The molecule has 0 aromatic heterocycles. The Balaban J connectivity index is 1.27. The molecule has 110 valence electrons. The maximum atomic E-state index is 5.70. The van der Waals surface area contributed by atoms with Gasteiger partial charge in [-0.2, -0.15) is 0 Å². The highest BCUT2D eigenvalue weighted by molar-refractivity contribution is 4.93. The van der Waals surface area contributed by atoms with Gasteiger partial charge < -0.3 is 15.4 Å². The Hall–Kier alpha value is -0.120. The molecule has 0 spiro atoms. The summed E-state index contributed by atoms with van der Waals surface area (Å²) in [7, 11) is 0. The molecule has 3 heteroatoms. The molecule has 3 fully saturated rings. The highest BCUT2D eigenvalue weighted by Gasteiger charge is 2.34. The quantitative estimate of drug-likeness (QED) is 0.662. The number of rotatable bonds is 8. The van der Waals surface area contributed by atoms with Crippen LogP contribution < -0.4 is 10.6 Å². The van der Waals surface area contributed by atoms with Crippen LogP contribution in [0.2, 0.25) is 0 Å². The number of ether oxygens (including phenoxy) is 1. The topological polar surface area (TPSA) is 33.3 Å². The minimum absolute atomic E-state index is 0.763. The van der Waals surface area contributed by atoms with Gasteiger partial charge in [-0.25, -0.2) is 0 Å². The maximum Gasteiger partial charge on any atom is 0.0494 e. The van der Waals surface area contributed by atoms with Gasteiger partial charge in [0.05, 0.1) is 0 Å². The Kier molecular flexibility index (Phi) is 5.14. The average molecular weight is 266 g/mol. The van der Waals surface area contributed by atoms with E-state index in [0.717, 1.165) is 43.7 Å². The van der Waals surface area contributed by atoms with Crippen molar-refractivity contribution in [3.8, 4) is 0 Å². The molecule has 0 bridgehead atoms. The van der Waals surface area contributed by atoms with Gasteiger partial charge in [0.25, 0.3) is 0 Å². The first-order valence-corrected chi connectivity index (χ1v) is 8.48. The first kappa shape index (κ1) is 13.8. The van der Waals surface area contributed by atoms with E-state index in [0.29, 0.717) is 0 Å². The summed E-state index contributed by atoms with van der Waals surface area (Å²) in [5.74, 6) is 1.79. The molecule has 3 unspecified atom stereocenters. The molecule has 3 atom stereocenters. The molecular weight excluding hydrogens is 236 g/mol. The van der Waals surface area contributed by atoms with Gasteiger partial charge in [0.15, 0.2) is 0 Å². The standard InChI is InChI=1S/C16H30N2O/c1-4-14(16-6-2-9-17-16)15(5-1)18-10-3-11-19-12-13-7-8-13/h13-18H,1-12H2. The molecule has 2 saturated carbocycles. The van der Waals surface area contributed by atoms with E-state index in [1.54, 1.807) is 0 Å². The van der Waals surface area contributed by atoms with E-state index in [1.165, 1.54) is 57.9 Å². The highest BCUT2D eigenvalue weighted by Crippen LogP contribution is 2.32. The molecule has 2 N–H and O–H groups in total. The van der Waals surface area contributed by atoms with E-state index >= 15 is 0 Å². The molecule has 1 saturated heterocycles. The first-order chi connectivity index (χ1) is 9.43. The fourth-order valence-corrected chi connectivity index (χ4v) is 3.80.